The summed E-state index contributed by atoms with van der Waals surface area (Å²) in [5.74, 6) is -0.0214. The molecular formula is C12H15BrN2O. The van der Waals surface area contributed by atoms with Crippen LogP contribution in [0.1, 0.15) is 42.5 Å². The maximum atomic E-state index is 12.0. The molecule has 4 heteroatoms. The smallest absolute Gasteiger partial charge is 0.254 e. The van der Waals surface area contributed by atoms with E-state index >= 15 is 0 Å². The lowest BCUT2D eigenvalue weighted by Crippen LogP contribution is -2.36. The van der Waals surface area contributed by atoms with Crippen LogP contribution in [0.3, 0.4) is 0 Å². The minimum absolute atomic E-state index is 0.0214. The Kier molecular flexibility index (Phi) is 3.93. The number of halogens is 1. The van der Waals surface area contributed by atoms with Crippen molar-refractivity contribution in [3.63, 3.8) is 0 Å². The first-order chi connectivity index (χ1) is 7.77. The van der Waals surface area contributed by atoms with Crippen LogP contribution in [-0.4, -0.2) is 16.9 Å². The van der Waals surface area contributed by atoms with Gasteiger partial charge in [0.2, 0.25) is 0 Å². The SMILES string of the molecule is O=C(NC1CCCCC1)c1cccnc1Br. The zero-order chi connectivity index (χ0) is 11.4. The molecule has 1 saturated carbocycles. The summed E-state index contributed by atoms with van der Waals surface area (Å²) >= 11 is 3.29. The Labute approximate surface area is 104 Å². The van der Waals surface area contributed by atoms with Crippen LogP contribution in [0.5, 0.6) is 0 Å². The Bertz CT molecular complexity index is 375. The van der Waals surface area contributed by atoms with Crippen LogP contribution in [0.25, 0.3) is 0 Å². The van der Waals surface area contributed by atoms with Crippen molar-refractivity contribution in [3.8, 4) is 0 Å². The van der Waals surface area contributed by atoms with Gasteiger partial charge in [0.15, 0.2) is 0 Å². The van der Waals surface area contributed by atoms with Gasteiger partial charge in [-0.3, -0.25) is 4.79 Å². The molecule has 16 heavy (non-hydrogen) atoms. The summed E-state index contributed by atoms with van der Waals surface area (Å²) in [4.78, 5) is 16.0. The highest BCUT2D eigenvalue weighted by atomic mass is 79.9. The number of amides is 1. The van der Waals surface area contributed by atoms with E-state index < -0.39 is 0 Å². The third-order valence-electron chi connectivity index (χ3n) is 2.94. The fraction of sp³-hybridized carbons (Fsp3) is 0.500. The number of rotatable bonds is 2. The molecule has 0 bridgehead atoms. The van der Waals surface area contributed by atoms with Gasteiger partial charge < -0.3 is 5.32 Å². The number of aromatic nitrogens is 1. The van der Waals surface area contributed by atoms with Gasteiger partial charge >= 0.3 is 0 Å². The van der Waals surface area contributed by atoms with Gasteiger partial charge in [0, 0.05) is 12.2 Å². The Balaban J connectivity index is 2.00. The van der Waals surface area contributed by atoms with Crippen molar-refractivity contribution in [2.24, 2.45) is 0 Å². The molecule has 0 radical (unpaired) electrons. The standard InChI is InChI=1S/C12H15BrN2O/c13-11-10(7-4-8-14-11)12(16)15-9-5-2-1-3-6-9/h4,7-9H,1-3,5-6H2,(H,15,16). The highest BCUT2D eigenvalue weighted by Gasteiger charge is 2.17. The highest BCUT2D eigenvalue weighted by Crippen LogP contribution is 2.19. The van der Waals surface area contributed by atoms with Gasteiger partial charge in [-0.15, -0.1) is 0 Å². The second kappa shape index (κ2) is 5.43. The van der Waals surface area contributed by atoms with E-state index in [1.165, 1.54) is 19.3 Å². The summed E-state index contributed by atoms with van der Waals surface area (Å²) in [5.41, 5.74) is 0.619. The van der Waals surface area contributed by atoms with Crippen molar-refractivity contribution in [2.45, 2.75) is 38.1 Å². The van der Waals surface area contributed by atoms with Gasteiger partial charge in [-0.25, -0.2) is 4.98 Å². The maximum absolute atomic E-state index is 12.0. The number of hydrogen-bond donors (Lipinski definition) is 1. The highest BCUT2D eigenvalue weighted by molar-refractivity contribution is 9.10. The zero-order valence-corrected chi connectivity index (χ0v) is 10.7. The second-order valence-corrected chi connectivity index (χ2v) is 4.90. The first-order valence-electron chi connectivity index (χ1n) is 5.69. The molecule has 1 heterocycles. The fourth-order valence-electron chi connectivity index (χ4n) is 2.07. The van der Waals surface area contributed by atoms with Gasteiger partial charge in [0.05, 0.1) is 5.56 Å². The lowest BCUT2D eigenvalue weighted by molar-refractivity contribution is 0.0926. The number of carbonyl (C=O) groups excluding carboxylic acids is 1. The van der Waals surface area contributed by atoms with E-state index in [1.807, 2.05) is 0 Å². The summed E-state index contributed by atoms with van der Waals surface area (Å²) in [6.07, 6.45) is 7.61. The Morgan fingerprint density at radius 1 is 1.38 bits per heavy atom. The summed E-state index contributed by atoms with van der Waals surface area (Å²) in [6, 6.07) is 3.91. The number of hydrogen-bond acceptors (Lipinski definition) is 2. The molecule has 1 aliphatic carbocycles. The molecule has 0 atom stereocenters. The monoisotopic (exact) mass is 282 g/mol. The van der Waals surface area contributed by atoms with E-state index in [-0.39, 0.29) is 5.91 Å². The maximum Gasteiger partial charge on any atom is 0.254 e. The number of carbonyl (C=O) groups is 1. The molecule has 2 rings (SSSR count). The van der Waals surface area contributed by atoms with Crippen molar-refractivity contribution in [2.75, 3.05) is 0 Å². The second-order valence-electron chi connectivity index (χ2n) is 4.15. The summed E-state index contributed by atoms with van der Waals surface area (Å²) < 4.78 is 0.614. The molecule has 1 aliphatic rings. The minimum atomic E-state index is -0.0214. The van der Waals surface area contributed by atoms with Crippen LogP contribution in [0, 0.1) is 0 Å². The molecule has 1 fully saturated rings. The van der Waals surface area contributed by atoms with E-state index in [2.05, 4.69) is 26.2 Å². The molecule has 3 nitrogen and oxygen atoms in total. The van der Waals surface area contributed by atoms with Crippen LogP contribution in [0.2, 0.25) is 0 Å². The topological polar surface area (TPSA) is 42.0 Å². The minimum Gasteiger partial charge on any atom is -0.349 e. The van der Waals surface area contributed by atoms with Gasteiger partial charge in [0.25, 0.3) is 5.91 Å². The fourth-order valence-corrected chi connectivity index (χ4v) is 2.50. The third kappa shape index (κ3) is 2.82. The van der Waals surface area contributed by atoms with Gasteiger partial charge in [-0.05, 0) is 40.9 Å². The first kappa shape index (κ1) is 11.6. The molecule has 1 aromatic heterocycles. The lowest BCUT2D eigenvalue weighted by atomic mass is 9.95. The molecule has 1 amide bonds. The molecule has 0 aliphatic heterocycles. The van der Waals surface area contributed by atoms with E-state index in [0.29, 0.717) is 16.2 Å². The van der Waals surface area contributed by atoms with Gasteiger partial charge in [-0.2, -0.15) is 0 Å². The summed E-state index contributed by atoms with van der Waals surface area (Å²) in [6.45, 7) is 0. The largest absolute Gasteiger partial charge is 0.349 e. The van der Waals surface area contributed by atoms with Crippen LogP contribution in [0.4, 0.5) is 0 Å². The van der Waals surface area contributed by atoms with Crippen molar-refractivity contribution >= 4 is 21.8 Å². The van der Waals surface area contributed by atoms with Gasteiger partial charge in [0.1, 0.15) is 4.60 Å². The van der Waals surface area contributed by atoms with E-state index in [1.54, 1.807) is 18.3 Å². The predicted molar refractivity (Wildman–Crippen MR) is 66.3 cm³/mol. The molecule has 1 aromatic rings. The van der Waals surface area contributed by atoms with E-state index in [9.17, 15) is 4.79 Å². The molecule has 0 aromatic carbocycles. The summed E-state index contributed by atoms with van der Waals surface area (Å²) in [5, 5.41) is 3.07. The third-order valence-corrected chi connectivity index (χ3v) is 3.58. The van der Waals surface area contributed by atoms with Crippen molar-refractivity contribution in [3.05, 3.63) is 28.5 Å². The summed E-state index contributed by atoms with van der Waals surface area (Å²) in [7, 11) is 0. The molecule has 1 N–H and O–H groups in total. The Morgan fingerprint density at radius 3 is 2.81 bits per heavy atom. The van der Waals surface area contributed by atoms with E-state index in [4.69, 9.17) is 0 Å². The van der Waals surface area contributed by atoms with Crippen LogP contribution >= 0.6 is 15.9 Å². The molecule has 0 spiro atoms. The van der Waals surface area contributed by atoms with E-state index in [0.717, 1.165) is 12.8 Å². The predicted octanol–water partition coefficient (Wildman–Crippen LogP) is 2.91. The average molecular weight is 283 g/mol. The lowest BCUT2D eigenvalue weighted by Gasteiger charge is -2.22. The van der Waals surface area contributed by atoms with Crippen LogP contribution in [0.15, 0.2) is 22.9 Å². The average Bonchev–Trinajstić information content (AvgIpc) is 2.31. The van der Waals surface area contributed by atoms with Crippen molar-refractivity contribution in [1.29, 1.82) is 0 Å². The Morgan fingerprint density at radius 2 is 2.12 bits per heavy atom. The number of pyridine rings is 1. The number of nitrogens with zero attached hydrogens (tertiary/aromatic N) is 1. The number of nitrogens with one attached hydrogen (secondary N) is 1. The molecule has 86 valence electrons. The van der Waals surface area contributed by atoms with Crippen molar-refractivity contribution < 1.29 is 4.79 Å². The quantitative estimate of drug-likeness (QED) is 0.848. The van der Waals surface area contributed by atoms with Crippen LogP contribution < -0.4 is 5.32 Å². The Hall–Kier alpha value is -0.900. The normalized spacial score (nSPS) is 17.1. The van der Waals surface area contributed by atoms with Crippen LogP contribution in [-0.2, 0) is 0 Å². The first-order valence-corrected chi connectivity index (χ1v) is 6.48. The van der Waals surface area contributed by atoms with Crippen molar-refractivity contribution in [1.82, 2.24) is 10.3 Å². The molecule has 0 saturated heterocycles. The van der Waals surface area contributed by atoms with Gasteiger partial charge in [-0.1, -0.05) is 19.3 Å². The molecule has 0 unspecified atom stereocenters. The molecular weight excluding hydrogens is 268 g/mol. The zero-order valence-electron chi connectivity index (χ0n) is 9.08.